The van der Waals surface area contributed by atoms with E-state index in [9.17, 15) is 4.79 Å². The van der Waals surface area contributed by atoms with E-state index in [4.69, 9.17) is 4.74 Å². The number of hydrogen-bond acceptors (Lipinski definition) is 5. The average molecular weight is 447 g/mol. The molecule has 0 saturated carbocycles. The van der Waals surface area contributed by atoms with Gasteiger partial charge in [-0.3, -0.25) is 4.79 Å². The van der Waals surface area contributed by atoms with Crippen molar-refractivity contribution in [2.75, 3.05) is 19.8 Å². The maximum atomic E-state index is 12.9. The lowest BCUT2D eigenvalue weighted by Crippen LogP contribution is -2.32. The molecule has 1 N–H and O–H groups in total. The topological polar surface area (TPSA) is 69.0 Å². The summed E-state index contributed by atoms with van der Waals surface area (Å²) in [6.07, 6.45) is 6.54. The molecule has 0 radical (unpaired) electrons. The molecule has 4 heterocycles. The quantitative estimate of drug-likeness (QED) is 0.475. The summed E-state index contributed by atoms with van der Waals surface area (Å²) in [6.45, 7) is 2.23. The van der Waals surface area contributed by atoms with Crippen molar-refractivity contribution in [2.45, 2.75) is 19.3 Å². The molecule has 164 valence electrons. The molecule has 1 amide bonds. The van der Waals surface area contributed by atoms with Crippen LogP contribution in [0.1, 0.15) is 34.5 Å². The Kier molecular flexibility index (Phi) is 6.01. The molecule has 4 aromatic rings. The van der Waals surface area contributed by atoms with Crippen molar-refractivity contribution in [1.82, 2.24) is 19.9 Å². The van der Waals surface area contributed by atoms with E-state index in [-0.39, 0.29) is 5.91 Å². The molecule has 0 bridgehead atoms. The third-order valence-corrected chi connectivity index (χ3v) is 6.88. The van der Waals surface area contributed by atoms with E-state index in [0.29, 0.717) is 18.2 Å². The molecule has 1 fully saturated rings. The van der Waals surface area contributed by atoms with Gasteiger partial charge in [-0.2, -0.15) is 0 Å². The minimum absolute atomic E-state index is 0.109. The number of nitrogens with zero attached hydrogens (tertiary/aromatic N) is 3. The smallest absolute Gasteiger partial charge is 0.269 e. The molecule has 7 heteroatoms. The normalized spacial score (nSPS) is 14.7. The Labute approximate surface area is 191 Å². The third-order valence-electron chi connectivity index (χ3n) is 6.06. The number of benzene rings is 1. The molecule has 0 unspecified atom stereocenters. The number of amides is 1. The third kappa shape index (κ3) is 4.45. The number of ether oxygens (including phenoxy) is 1. The lowest BCUT2D eigenvalue weighted by atomic mass is 10.00. The van der Waals surface area contributed by atoms with Crippen LogP contribution < -0.4 is 5.32 Å². The van der Waals surface area contributed by atoms with Gasteiger partial charge in [0.25, 0.3) is 5.91 Å². The second-order valence-electron chi connectivity index (χ2n) is 8.30. The highest BCUT2D eigenvalue weighted by Gasteiger charge is 2.18. The summed E-state index contributed by atoms with van der Waals surface area (Å²) in [5.41, 5.74) is 5.80. The monoisotopic (exact) mass is 446 g/mol. The molecular formula is C25H26N4O2S. The van der Waals surface area contributed by atoms with Crippen molar-refractivity contribution < 1.29 is 9.53 Å². The van der Waals surface area contributed by atoms with Crippen LogP contribution in [0, 0.1) is 5.92 Å². The fourth-order valence-corrected chi connectivity index (χ4v) is 4.92. The second-order valence-corrected chi connectivity index (χ2v) is 9.20. The van der Waals surface area contributed by atoms with Crippen LogP contribution in [0.4, 0.5) is 0 Å². The van der Waals surface area contributed by atoms with Crippen LogP contribution in [-0.4, -0.2) is 40.2 Å². The van der Waals surface area contributed by atoms with E-state index in [1.54, 1.807) is 11.3 Å². The minimum atomic E-state index is -0.109. The van der Waals surface area contributed by atoms with Gasteiger partial charge in [0.1, 0.15) is 10.7 Å². The van der Waals surface area contributed by atoms with Crippen molar-refractivity contribution in [3.8, 4) is 10.6 Å². The Morgan fingerprint density at radius 2 is 2.03 bits per heavy atom. The number of aryl methyl sites for hydroxylation is 1. The molecular weight excluding hydrogens is 420 g/mol. The number of carbonyl (C=O) groups is 1. The van der Waals surface area contributed by atoms with Gasteiger partial charge in [0.15, 0.2) is 0 Å². The van der Waals surface area contributed by atoms with Gasteiger partial charge >= 0.3 is 0 Å². The molecule has 1 saturated heterocycles. The van der Waals surface area contributed by atoms with Crippen LogP contribution in [0.3, 0.4) is 0 Å². The number of carbonyl (C=O) groups excluding carboxylic acids is 1. The van der Waals surface area contributed by atoms with E-state index in [1.807, 2.05) is 37.0 Å². The van der Waals surface area contributed by atoms with E-state index < -0.39 is 0 Å². The van der Waals surface area contributed by atoms with Crippen LogP contribution in [0.15, 0.2) is 54.2 Å². The molecule has 0 atom stereocenters. The maximum Gasteiger partial charge on any atom is 0.269 e. The van der Waals surface area contributed by atoms with Gasteiger partial charge in [0.2, 0.25) is 0 Å². The number of fused-ring (bicyclic) bond motifs is 1. The molecule has 1 aliphatic rings. The first-order valence-corrected chi connectivity index (χ1v) is 11.8. The summed E-state index contributed by atoms with van der Waals surface area (Å²) in [7, 11) is 2.02. The molecule has 0 spiro atoms. The fraction of sp³-hybridized carbons (Fsp3) is 0.320. The van der Waals surface area contributed by atoms with E-state index in [0.717, 1.165) is 59.6 Å². The first-order chi connectivity index (χ1) is 15.7. The van der Waals surface area contributed by atoms with E-state index >= 15 is 0 Å². The predicted octanol–water partition coefficient (Wildman–Crippen LogP) is 4.44. The summed E-state index contributed by atoms with van der Waals surface area (Å²) in [5, 5.41) is 6.09. The Morgan fingerprint density at radius 1 is 1.22 bits per heavy atom. The van der Waals surface area contributed by atoms with Gasteiger partial charge < -0.3 is 14.6 Å². The molecule has 3 aromatic heterocycles. The zero-order valence-electron chi connectivity index (χ0n) is 18.1. The van der Waals surface area contributed by atoms with Crippen molar-refractivity contribution in [1.29, 1.82) is 0 Å². The molecule has 1 aromatic carbocycles. The summed E-state index contributed by atoms with van der Waals surface area (Å²) in [5.74, 6) is 0.367. The summed E-state index contributed by atoms with van der Waals surface area (Å²) >= 11 is 1.64. The first kappa shape index (κ1) is 20.8. The van der Waals surface area contributed by atoms with Gasteiger partial charge in [0, 0.05) is 50.1 Å². The Hall–Kier alpha value is -3.03. The Morgan fingerprint density at radius 3 is 2.78 bits per heavy atom. The van der Waals surface area contributed by atoms with E-state index in [2.05, 4.69) is 44.1 Å². The molecule has 5 rings (SSSR count). The number of aromatic nitrogens is 3. The minimum Gasteiger partial charge on any atom is -0.381 e. The SMILES string of the molecule is Cn1ccc2nc(C(=O)NCC3CCOCC3)cc(Cc3ccc(-c4nccs4)cc3)c21. The number of thiazole rings is 1. The van der Waals surface area contributed by atoms with Crippen molar-refractivity contribution in [2.24, 2.45) is 13.0 Å². The molecule has 1 aliphatic heterocycles. The van der Waals surface area contributed by atoms with E-state index in [1.165, 1.54) is 5.56 Å². The van der Waals surface area contributed by atoms with Crippen molar-refractivity contribution >= 4 is 28.3 Å². The van der Waals surface area contributed by atoms with Gasteiger partial charge in [0.05, 0.1) is 11.0 Å². The van der Waals surface area contributed by atoms with Crippen molar-refractivity contribution in [3.05, 3.63) is 71.0 Å². The predicted molar refractivity (Wildman–Crippen MR) is 127 cm³/mol. The number of nitrogens with one attached hydrogen (secondary N) is 1. The number of rotatable bonds is 6. The molecule has 0 aliphatic carbocycles. The molecule has 6 nitrogen and oxygen atoms in total. The highest BCUT2D eigenvalue weighted by molar-refractivity contribution is 7.13. The highest BCUT2D eigenvalue weighted by atomic mass is 32.1. The van der Waals surface area contributed by atoms with Crippen LogP contribution in [0.5, 0.6) is 0 Å². The highest BCUT2D eigenvalue weighted by Crippen LogP contribution is 2.25. The number of pyridine rings is 1. The van der Waals surface area contributed by atoms with Gasteiger partial charge in [-0.25, -0.2) is 9.97 Å². The van der Waals surface area contributed by atoms with Gasteiger partial charge in [-0.05, 0) is 48.4 Å². The zero-order valence-corrected chi connectivity index (χ0v) is 18.9. The van der Waals surface area contributed by atoms with Gasteiger partial charge in [-0.15, -0.1) is 11.3 Å². The van der Waals surface area contributed by atoms with Crippen LogP contribution in [0.25, 0.3) is 21.6 Å². The molecule has 32 heavy (non-hydrogen) atoms. The largest absolute Gasteiger partial charge is 0.381 e. The second kappa shape index (κ2) is 9.22. The summed E-state index contributed by atoms with van der Waals surface area (Å²) in [4.78, 5) is 21.9. The fourth-order valence-electron chi connectivity index (χ4n) is 4.27. The average Bonchev–Trinajstić information content (AvgIpc) is 3.49. The summed E-state index contributed by atoms with van der Waals surface area (Å²) < 4.78 is 7.49. The standard InChI is InChI=1S/C25H26N4O2S/c1-29-10-6-21-23(29)20(14-17-2-4-19(5-3-17)25-26-9-13-32-25)15-22(28-21)24(30)27-16-18-7-11-31-12-8-18/h2-6,9-10,13,15,18H,7-8,11-12,14,16H2,1H3,(H,27,30). The maximum absolute atomic E-state index is 12.9. The Bertz CT molecular complexity index is 1210. The zero-order chi connectivity index (χ0) is 21.9. The Balaban J connectivity index is 1.38. The lowest BCUT2D eigenvalue weighted by molar-refractivity contribution is 0.0642. The van der Waals surface area contributed by atoms with Crippen LogP contribution in [0.2, 0.25) is 0 Å². The van der Waals surface area contributed by atoms with Crippen molar-refractivity contribution in [3.63, 3.8) is 0 Å². The first-order valence-electron chi connectivity index (χ1n) is 11.0. The van der Waals surface area contributed by atoms with Crippen LogP contribution >= 0.6 is 11.3 Å². The van der Waals surface area contributed by atoms with Gasteiger partial charge in [-0.1, -0.05) is 24.3 Å². The summed E-state index contributed by atoms with van der Waals surface area (Å²) in [6, 6.07) is 12.4. The lowest BCUT2D eigenvalue weighted by Gasteiger charge is -2.22. The number of hydrogen-bond donors (Lipinski definition) is 1. The van der Waals surface area contributed by atoms with Crippen LogP contribution in [-0.2, 0) is 18.2 Å².